The summed E-state index contributed by atoms with van der Waals surface area (Å²) in [5, 5.41) is 0. The van der Waals surface area contributed by atoms with Gasteiger partial charge in [0.05, 0.1) is 17.3 Å². The summed E-state index contributed by atoms with van der Waals surface area (Å²) >= 11 is 0. The predicted molar refractivity (Wildman–Crippen MR) is 196 cm³/mol. The molecule has 2 heteroatoms. The quantitative estimate of drug-likeness (QED) is 0.176. The Morgan fingerprint density at radius 3 is 1.57 bits per heavy atom. The number of rotatable bonds is 6. The molecule has 0 saturated carbocycles. The molecule has 224 valence electrons. The molecule has 1 heterocycles. The number of fused-ring (bicyclic) bond motifs is 2. The molecule has 1 atom stereocenters. The predicted octanol–water partition coefficient (Wildman–Crippen LogP) is 11.9. The van der Waals surface area contributed by atoms with Crippen LogP contribution in [0.1, 0.15) is 33.7 Å². The highest BCUT2D eigenvalue weighted by Gasteiger charge is 2.37. The van der Waals surface area contributed by atoms with Crippen LogP contribution in [-0.2, 0) is 6.42 Å². The van der Waals surface area contributed by atoms with Gasteiger partial charge in [-0.1, -0.05) is 127 Å². The fraction of sp³-hybridized carbons (Fsp3) is 0.0444. The van der Waals surface area contributed by atoms with E-state index in [4.69, 9.17) is 4.99 Å². The van der Waals surface area contributed by atoms with Crippen molar-refractivity contribution in [1.82, 2.24) is 0 Å². The van der Waals surface area contributed by atoms with Crippen molar-refractivity contribution < 1.29 is 0 Å². The summed E-state index contributed by atoms with van der Waals surface area (Å²) in [6.07, 6.45) is 0.914. The van der Waals surface area contributed by atoms with Crippen LogP contribution in [0.4, 0.5) is 5.69 Å². The summed E-state index contributed by atoms with van der Waals surface area (Å²) in [7, 11) is -1.73. The largest absolute Gasteiger partial charge is 0.251 e. The monoisotopic (exact) mass is 619 g/mol. The number of aliphatic imine (C=N–C) groups is 1. The van der Waals surface area contributed by atoms with Crippen molar-refractivity contribution in [3.05, 3.63) is 210 Å². The van der Waals surface area contributed by atoms with Crippen molar-refractivity contribution in [3.63, 3.8) is 0 Å². The standard InChI is InChI=1S/C45H33NS/c1-5-15-33(16-6-1)45-44-40-25-14-24-39(41(40)31-34-17-13-26-42(46-45)43(34)44)32-27-29-38(30-28-32)47(35-18-7-2-8-19-35,36-20-9-3-10-21-36)37-22-11-4-12-23-37/h1-30,44H,31H2. The first-order chi connectivity index (χ1) is 23.3. The zero-order valence-electron chi connectivity index (χ0n) is 26.0. The van der Waals surface area contributed by atoms with Crippen LogP contribution in [-0.4, -0.2) is 5.71 Å². The fourth-order valence-electron chi connectivity index (χ4n) is 7.72. The Bertz CT molecular complexity index is 2140. The molecule has 1 nitrogen and oxygen atoms in total. The Balaban J connectivity index is 1.20. The molecular weight excluding hydrogens is 587 g/mol. The van der Waals surface area contributed by atoms with Gasteiger partial charge >= 0.3 is 0 Å². The highest BCUT2D eigenvalue weighted by molar-refractivity contribution is 8.34. The van der Waals surface area contributed by atoms with Crippen molar-refractivity contribution in [3.8, 4) is 11.1 Å². The van der Waals surface area contributed by atoms with Gasteiger partial charge in [0.15, 0.2) is 0 Å². The van der Waals surface area contributed by atoms with E-state index < -0.39 is 10.0 Å². The molecule has 1 aliphatic carbocycles. The lowest BCUT2D eigenvalue weighted by Crippen LogP contribution is -2.19. The summed E-state index contributed by atoms with van der Waals surface area (Å²) in [5.41, 5.74) is 11.6. The molecule has 0 fully saturated rings. The van der Waals surface area contributed by atoms with E-state index in [0.717, 1.165) is 17.8 Å². The van der Waals surface area contributed by atoms with Crippen LogP contribution in [0, 0.1) is 0 Å². The molecule has 2 aliphatic rings. The minimum Gasteiger partial charge on any atom is -0.251 e. The molecule has 0 spiro atoms. The average molecular weight is 620 g/mol. The summed E-state index contributed by atoms with van der Waals surface area (Å²) in [4.78, 5) is 10.6. The SMILES string of the molecule is c1ccc(C2=Nc3cccc4c3C2c2cccc(-c3ccc(S(c5ccccc5)(c5ccccc5)c5ccccc5)cc3)c2C4)cc1. The molecule has 47 heavy (non-hydrogen) atoms. The summed E-state index contributed by atoms with van der Waals surface area (Å²) < 4.78 is 0. The van der Waals surface area contributed by atoms with Crippen LogP contribution in [0.15, 0.2) is 207 Å². The lowest BCUT2D eigenvalue weighted by molar-refractivity contribution is 0.968. The maximum absolute atomic E-state index is 5.22. The topological polar surface area (TPSA) is 12.4 Å². The molecule has 9 rings (SSSR count). The molecule has 0 bridgehead atoms. The number of nitrogens with zero attached hydrogens (tertiary/aromatic N) is 1. The third kappa shape index (κ3) is 4.44. The zero-order chi connectivity index (χ0) is 31.2. The lowest BCUT2D eigenvalue weighted by Gasteiger charge is -2.42. The van der Waals surface area contributed by atoms with E-state index in [1.54, 1.807) is 0 Å². The minimum absolute atomic E-state index is 0.151. The van der Waals surface area contributed by atoms with Gasteiger partial charge in [0.25, 0.3) is 0 Å². The Morgan fingerprint density at radius 1 is 0.447 bits per heavy atom. The maximum atomic E-state index is 5.22. The van der Waals surface area contributed by atoms with Crippen LogP contribution in [0.5, 0.6) is 0 Å². The summed E-state index contributed by atoms with van der Waals surface area (Å²) in [6, 6.07) is 66.9. The molecule has 0 radical (unpaired) electrons. The van der Waals surface area contributed by atoms with Crippen molar-refractivity contribution in [1.29, 1.82) is 0 Å². The Hall–Kier alpha value is -5.44. The summed E-state index contributed by atoms with van der Waals surface area (Å²) in [6.45, 7) is 0. The second kappa shape index (κ2) is 11.4. The van der Waals surface area contributed by atoms with Crippen LogP contribution in [0.25, 0.3) is 11.1 Å². The molecule has 7 aromatic carbocycles. The Labute approximate surface area is 278 Å². The molecule has 0 saturated heterocycles. The van der Waals surface area contributed by atoms with Gasteiger partial charge in [-0.15, -0.1) is 10.0 Å². The molecule has 1 unspecified atom stereocenters. The second-order valence-electron chi connectivity index (χ2n) is 12.3. The van der Waals surface area contributed by atoms with Crippen LogP contribution in [0.2, 0.25) is 0 Å². The third-order valence-electron chi connectivity index (χ3n) is 9.75. The van der Waals surface area contributed by atoms with Gasteiger partial charge in [-0.2, -0.15) is 0 Å². The van der Waals surface area contributed by atoms with Crippen LogP contribution >= 0.6 is 10.0 Å². The van der Waals surface area contributed by atoms with Crippen molar-refractivity contribution in [2.24, 2.45) is 4.99 Å². The molecule has 1 aliphatic heterocycles. The summed E-state index contributed by atoms with van der Waals surface area (Å²) in [5.74, 6) is 0.151. The average Bonchev–Trinajstić information content (AvgIpc) is 3.55. The van der Waals surface area contributed by atoms with E-state index in [1.807, 2.05) is 0 Å². The van der Waals surface area contributed by atoms with Gasteiger partial charge in [-0.25, -0.2) is 0 Å². The number of hydrogen-bond donors (Lipinski definition) is 0. The van der Waals surface area contributed by atoms with E-state index in [1.165, 1.54) is 58.5 Å². The smallest absolute Gasteiger partial charge is 0.0678 e. The van der Waals surface area contributed by atoms with E-state index in [-0.39, 0.29) is 5.92 Å². The molecule has 7 aromatic rings. The second-order valence-corrected chi connectivity index (χ2v) is 15.4. The highest BCUT2D eigenvalue weighted by Crippen LogP contribution is 2.73. The van der Waals surface area contributed by atoms with E-state index >= 15 is 0 Å². The highest BCUT2D eigenvalue weighted by atomic mass is 32.3. The molecular formula is C45H33NS. The number of hydrogen-bond acceptors (Lipinski definition) is 1. The van der Waals surface area contributed by atoms with Crippen molar-refractivity contribution in [2.45, 2.75) is 31.9 Å². The van der Waals surface area contributed by atoms with Crippen LogP contribution < -0.4 is 0 Å². The van der Waals surface area contributed by atoms with Crippen LogP contribution in [0.3, 0.4) is 0 Å². The normalized spacial score (nSPS) is 15.0. The molecule has 0 amide bonds. The number of benzene rings is 7. The van der Waals surface area contributed by atoms with Gasteiger partial charge in [0.2, 0.25) is 0 Å². The Morgan fingerprint density at radius 2 is 0.979 bits per heavy atom. The fourth-order valence-corrected chi connectivity index (χ4v) is 11.6. The Kier molecular flexibility index (Phi) is 6.76. The first kappa shape index (κ1) is 27.8. The molecule has 0 aromatic heterocycles. The molecule has 0 N–H and O–H groups in total. The lowest BCUT2D eigenvalue weighted by atomic mass is 9.73. The zero-order valence-corrected chi connectivity index (χ0v) is 26.8. The van der Waals surface area contributed by atoms with Crippen molar-refractivity contribution >= 4 is 21.4 Å². The van der Waals surface area contributed by atoms with Gasteiger partial charge in [-0.05, 0) is 100.0 Å². The maximum Gasteiger partial charge on any atom is 0.0678 e. The van der Waals surface area contributed by atoms with E-state index in [9.17, 15) is 0 Å². The van der Waals surface area contributed by atoms with Gasteiger partial charge < -0.3 is 0 Å². The van der Waals surface area contributed by atoms with Gasteiger partial charge in [-0.3, -0.25) is 4.99 Å². The minimum atomic E-state index is -1.73. The first-order valence-corrected chi connectivity index (χ1v) is 17.9. The van der Waals surface area contributed by atoms with Gasteiger partial charge in [0.1, 0.15) is 0 Å². The van der Waals surface area contributed by atoms with E-state index in [0.29, 0.717) is 0 Å². The van der Waals surface area contributed by atoms with Crippen molar-refractivity contribution in [2.75, 3.05) is 0 Å². The van der Waals surface area contributed by atoms with E-state index in [2.05, 4.69) is 182 Å². The van der Waals surface area contributed by atoms with Gasteiger partial charge in [0, 0.05) is 19.6 Å². The first-order valence-electron chi connectivity index (χ1n) is 16.3. The third-order valence-corrected chi connectivity index (χ3v) is 13.7.